The molecule has 0 amide bonds. The van der Waals surface area contributed by atoms with E-state index in [-0.39, 0.29) is 0 Å². The SMILES string of the molecule is CC(C)C(c1ccsc1C(=O)O)C(C)C. The van der Waals surface area contributed by atoms with Gasteiger partial charge in [0.25, 0.3) is 0 Å². The van der Waals surface area contributed by atoms with Gasteiger partial charge in [0.15, 0.2) is 0 Å². The molecule has 0 aromatic carbocycles. The van der Waals surface area contributed by atoms with Crippen molar-refractivity contribution in [1.82, 2.24) is 0 Å². The van der Waals surface area contributed by atoms with E-state index in [0.29, 0.717) is 22.6 Å². The molecule has 1 N–H and O–H groups in total. The highest BCUT2D eigenvalue weighted by atomic mass is 32.1. The summed E-state index contributed by atoms with van der Waals surface area (Å²) in [6, 6.07) is 1.96. The van der Waals surface area contributed by atoms with Gasteiger partial charge in [0, 0.05) is 0 Å². The Hall–Kier alpha value is -0.830. The van der Waals surface area contributed by atoms with E-state index < -0.39 is 5.97 Å². The highest BCUT2D eigenvalue weighted by molar-refractivity contribution is 7.12. The van der Waals surface area contributed by atoms with E-state index >= 15 is 0 Å². The maximum Gasteiger partial charge on any atom is 0.346 e. The van der Waals surface area contributed by atoms with Gasteiger partial charge in [-0.3, -0.25) is 0 Å². The Morgan fingerprint density at radius 3 is 2.20 bits per heavy atom. The second kappa shape index (κ2) is 4.79. The Balaban J connectivity index is 3.11. The Morgan fingerprint density at radius 2 is 1.80 bits per heavy atom. The third-order valence-electron chi connectivity index (χ3n) is 2.69. The molecule has 1 heterocycles. The van der Waals surface area contributed by atoms with Gasteiger partial charge in [-0.05, 0) is 34.8 Å². The molecule has 2 nitrogen and oxygen atoms in total. The first-order chi connectivity index (χ1) is 6.95. The van der Waals surface area contributed by atoms with Crippen LogP contribution in [0.5, 0.6) is 0 Å². The van der Waals surface area contributed by atoms with Crippen molar-refractivity contribution < 1.29 is 9.90 Å². The van der Waals surface area contributed by atoms with Crippen LogP contribution in [0.3, 0.4) is 0 Å². The Bertz CT molecular complexity index is 331. The highest BCUT2D eigenvalue weighted by Gasteiger charge is 2.25. The lowest BCUT2D eigenvalue weighted by Crippen LogP contribution is -2.15. The number of hydrogen-bond acceptors (Lipinski definition) is 2. The number of thiophene rings is 1. The lowest BCUT2D eigenvalue weighted by Gasteiger charge is -2.24. The van der Waals surface area contributed by atoms with Crippen molar-refractivity contribution in [3.05, 3.63) is 21.9 Å². The number of carbonyl (C=O) groups is 1. The first-order valence-corrected chi connectivity index (χ1v) is 6.13. The van der Waals surface area contributed by atoms with E-state index in [4.69, 9.17) is 5.11 Å². The summed E-state index contributed by atoms with van der Waals surface area (Å²) in [5.41, 5.74) is 0.998. The van der Waals surface area contributed by atoms with Crippen LogP contribution < -0.4 is 0 Å². The summed E-state index contributed by atoms with van der Waals surface area (Å²) in [6.07, 6.45) is 0. The van der Waals surface area contributed by atoms with Gasteiger partial charge in [0.2, 0.25) is 0 Å². The van der Waals surface area contributed by atoms with Gasteiger partial charge >= 0.3 is 5.97 Å². The summed E-state index contributed by atoms with van der Waals surface area (Å²) in [5, 5.41) is 10.9. The molecule has 0 saturated heterocycles. The van der Waals surface area contributed by atoms with Gasteiger partial charge in [-0.25, -0.2) is 4.79 Å². The molecule has 0 atom stereocenters. The number of carboxylic acids is 1. The number of rotatable bonds is 4. The van der Waals surface area contributed by atoms with Gasteiger partial charge in [-0.2, -0.15) is 0 Å². The predicted molar refractivity (Wildman–Crippen MR) is 63.7 cm³/mol. The van der Waals surface area contributed by atoms with Gasteiger partial charge in [0.1, 0.15) is 4.88 Å². The fourth-order valence-electron chi connectivity index (χ4n) is 2.24. The molecule has 1 aromatic rings. The van der Waals surface area contributed by atoms with Crippen molar-refractivity contribution in [2.75, 3.05) is 0 Å². The van der Waals surface area contributed by atoms with Crippen LogP contribution in [0.1, 0.15) is 48.8 Å². The molecule has 3 heteroatoms. The van der Waals surface area contributed by atoms with Gasteiger partial charge in [0.05, 0.1) is 0 Å². The van der Waals surface area contributed by atoms with Gasteiger partial charge in [-0.15, -0.1) is 11.3 Å². The zero-order chi connectivity index (χ0) is 11.6. The zero-order valence-corrected chi connectivity index (χ0v) is 10.5. The molecule has 84 valence electrons. The molecule has 0 fully saturated rings. The normalized spacial score (nSPS) is 11.7. The average Bonchev–Trinajstić information content (AvgIpc) is 2.51. The van der Waals surface area contributed by atoms with Crippen LogP contribution in [-0.4, -0.2) is 11.1 Å². The van der Waals surface area contributed by atoms with Crippen molar-refractivity contribution in [1.29, 1.82) is 0 Å². The van der Waals surface area contributed by atoms with Crippen LogP contribution in [0.25, 0.3) is 0 Å². The van der Waals surface area contributed by atoms with Crippen LogP contribution in [-0.2, 0) is 0 Å². The molecule has 0 saturated carbocycles. The first kappa shape index (κ1) is 12.2. The summed E-state index contributed by atoms with van der Waals surface area (Å²) in [7, 11) is 0. The molecular weight excluding hydrogens is 208 g/mol. The quantitative estimate of drug-likeness (QED) is 0.847. The smallest absolute Gasteiger partial charge is 0.346 e. The molecule has 0 unspecified atom stereocenters. The molecule has 15 heavy (non-hydrogen) atoms. The molecule has 1 aromatic heterocycles. The second-order valence-electron chi connectivity index (χ2n) is 4.52. The van der Waals surface area contributed by atoms with E-state index in [1.54, 1.807) is 0 Å². The largest absolute Gasteiger partial charge is 0.477 e. The average molecular weight is 226 g/mol. The summed E-state index contributed by atoms with van der Waals surface area (Å²) < 4.78 is 0. The number of aromatic carboxylic acids is 1. The monoisotopic (exact) mass is 226 g/mol. The number of carboxylic acid groups (broad SMARTS) is 1. The minimum atomic E-state index is -0.800. The van der Waals surface area contributed by atoms with E-state index in [9.17, 15) is 4.79 Å². The van der Waals surface area contributed by atoms with Crippen molar-refractivity contribution in [2.24, 2.45) is 11.8 Å². The van der Waals surface area contributed by atoms with Crippen LogP contribution in [0.4, 0.5) is 0 Å². The van der Waals surface area contributed by atoms with Gasteiger partial charge in [-0.1, -0.05) is 27.7 Å². The Kier molecular flexibility index (Phi) is 3.91. The highest BCUT2D eigenvalue weighted by Crippen LogP contribution is 2.36. The fourth-order valence-corrected chi connectivity index (χ4v) is 3.04. The maximum absolute atomic E-state index is 11.0. The van der Waals surface area contributed by atoms with Crippen molar-refractivity contribution in [3.8, 4) is 0 Å². The van der Waals surface area contributed by atoms with E-state index in [0.717, 1.165) is 5.56 Å². The summed E-state index contributed by atoms with van der Waals surface area (Å²) in [4.78, 5) is 11.5. The van der Waals surface area contributed by atoms with E-state index in [1.807, 2.05) is 11.4 Å². The lowest BCUT2D eigenvalue weighted by molar-refractivity contribution is 0.0700. The van der Waals surface area contributed by atoms with E-state index in [1.165, 1.54) is 11.3 Å². The Morgan fingerprint density at radius 1 is 1.27 bits per heavy atom. The van der Waals surface area contributed by atoms with Crippen LogP contribution in [0.2, 0.25) is 0 Å². The predicted octanol–water partition coefficient (Wildman–Crippen LogP) is 3.84. The third kappa shape index (κ3) is 2.59. The third-order valence-corrected chi connectivity index (χ3v) is 3.60. The van der Waals surface area contributed by atoms with Crippen LogP contribution in [0.15, 0.2) is 11.4 Å². The van der Waals surface area contributed by atoms with E-state index in [2.05, 4.69) is 27.7 Å². The second-order valence-corrected chi connectivity index (χ2v) is 5.44. The fraction of sp³-hybridized carbons (Fsp3) is 0.583. The molecule has 0 aliphatic carbocycles. The molecule has 0 spiro atoms. The van der Waals surface area contributed by atoms with Crippen molar-refractivity contribution in [2.45, 2.75) is 33.6 Å². The molecular formula is C12H18O2S. The lowest BCUT2D eigenvalue weighted by atomic mass is 9.80. The first-order valence-electron chi connectivity index (χ1n) is 5.25. The topological polar surface area (TPSA) is 37.3 Å². The summed E-state index contributed by atoms with van der Waals surface area (Å²) in [6.45, 7) is 8.59. The Labute approximate surface area is 94.9 Å². The van der Waals surface area contributed by atoms with Crippen molar-refractivity contribution >= 4 is 17.3 Å². The molecule has 0 aliphatic heterocycles. The minimum absolute atomic E-state index is 0.336. The standard InChI is InChI=1S/C12H18O2S/c1-7(2)10(8(3)4)9-5-6-15-11(9)12(13)14/h5-8,10H,1-4H3,(H,13,14). The summed E-state index contributed by atoms with van der Waals surface area (Å²) >= 11 is 1.32. The molecule has 0 bridgehead atoms. The molecule has 0 aliphatic rings. The van der Waals surface area contributed by atoms with Crippen LogP contribution >= 0.6 is 11.3 Å². The maximum atomic E-state index is 11.0. The van der Waals surface area contributed by atoms with Crippen molar-refractivity contribution in [3.63, 3.8) is 0 Å². The van der Waals surface area contributed by atoms with Gasteiger partial charge < -0.3 is 5.11 Å². The number of hydrogen-bond donors (Lipinski definition) is 1. The molecule has 0 radical (unpaired) electrons. The molecule has 1 rings (SSSR count). The van der Waals surface area contributed by atoms with Crippen LogP contribution in [0, 0.1) is 11.8 Å². The zero-order valence-electron chi connectivity index (χ0n) is 9.65. The minimum Gasteiger partial charge on any atom is -0.477 e. The summed E-state index contributed by atoms with van der Waals surface area (Å²) in [5.74, 6) is 0.476.